The van der Waals surface area contributed by atoms with Crippen LogP contribution in [-0.2, 0) is 4.79 Å². The molecule has 2 N–H and O–H groups in total. The number of aliphatic hydroxyl groups excluding tert-OH is 1. The van der Waals surface area contributed by atoms with Gasteiger partial charge in [0.15, 0.2) is 0 Å². The van der Waals surface area contributed by atoms with Gasteiger partial charge in [-0.1, -0.05) is 12.1 Å². The highest BCUT2D eigenvalue weighted by atomic mass is 16.5. The maximum atomic E-state index is 11.7. The molecule has 19 heavy (non-hydrogen) atoms. The van der Waals surface area contributed by atoms with Crippen LogP contribution in [0.15, 0.2) is 30.3 Å². The third-order valence-electron chi connectivity index (χ3n) is 3.03. The smallest absolute Gasteiger partial charge is 0.244 e. The zero-order chi connectivity index (χ0) is 14.5. The number of carbonyl (C=O) groups is 1. The van der Waals surface area contributed by atoms with E-state index >= 15 is 0 Å². The Hall–Kier alpha value is -1.81. The van der Waals surface area contributed by atoms with Crippen molar-refractivity contribution < 1.29 is 14.6 Å². The Bertz CT molecular complexity index is 447. The Labute approximate surface area is 114 Å². The molecular weight excluding hydrogens is 242 g/mol. The summed E-state index contributed by atoms with van der Waals surface area (Å²) < 4.78 is 5.06. The van der Waals surface area contributed by atoms with Crippen LogP contribution in [0.3, 0.4) is 0 Å². The van der Waals surface area contributed by atoms with E-state index in [0.717, 1.165) is 11.3 Å². The van der Waals surface area contributed by atoms with Crippen molar-refractivity contribution in [2.75, 3.05) is 7.11 Å². The van der Waals surface area contributed by atoms with Crippen LogP contribution in [0.4, 0.5) is 0 Å². The van der Waals surface area contributed by atoms with Gasteiger partial charge in [-0.3, -0.25) is 4.79 Å². The first-order valence-electron chi connectivity index (χ1n) is 6.17. The fourth-order valence-electron chi connectivity index (χ4n) is 1.35. The zero-order valence-electron chi connectivity index (χ0n) is 11.8. The average Bonchev–Trinajstić information content (AvgIpc) is 2.36. The van der Waals surface area contributed by atoms with Crippen molar-refractivity contribution in [3.05, 3.63) is 35.9 Å². The molecule has 0 aliphatic carbocycles. The second-order valence-electron chi connectivity index (χ2n) is 4.99. The summed E-state index contributed by atoms with van der Waals surface area (Å²) in [4.78, 5) is 11.7. The fourth-order valence-corrected chi connectivity index (χ4v) is 1.35. The van der Waals surface area contributed by atoms with Crippen molar-refractivity contribution in [3.63, 3.8) is 0 Å². The minimum absolute atomic E-state index is 0.235. The quantitative estimate of drug-likeness (QED) is 0.799. The molecule has 1 rings (SSSR count). The second kappa shape index (κ2) is 6.38. The van der Waals surface area contributed by atoms with Crippen LogP contribution in [0.1, 0.15) is 26.3 Å². The molecule has 0 saturated carbocycles. The summed E-state index contributed by atoms with van der Waals surface area (Å²) in [6.45, 7) is 5.20. The van der Waals surface area contributed by atoms with Gasteiger partial charge in [-0.25, -0.2) is 0 Å². The summed E-state index contributed by atoms with van der Waals surface area (Å²) in [7, 11) is 1.61. The monoisotopic (exact) mass is 263 g/mol. The Kier molecular flexibility index (Phi) is 5.12. The highest BCUT2D eigenvalue weighted by molar-refractivity contribution is 5.92. The van der Waals surface area contributed by atoms with Gasteiger partial charge < -0.3 is 15.2 Å². The SMILES string of the molecule is COc1ccc(/C=C/C(=O)NC(C)(C)C(C)O)cc1. The number of amides is 1. The number of methoxy groups -OCH3 is 1. The van der Waals surface area contributed by atoms with E-state index in [1.54, 1.807) is 34.0 Å². The van der Waals surface area contributed by atoms with Gasteiger partial charge in [0.05, 0.1) is 18.8 Å². The molecule has 0 spiro atoms. The number of benzene rings is 1. The molecule has 0 bridgehead atoms. The molecule has 0 saturated heterocycles. The molecule has 4 nitrogen and oxygen atoms in total. The molecule has 104 valence electrons. The van der Waals surface area contributed by atoms with Gasteiger partial charge in [0, 0.05) is 6.08 Å². The third kappa shape index (κ3) is 4.75. The number of rotatable bonds is 5. The normalized spacial score (nSPS) is 13.3. The van der Waals surface area contributed by atoms with E-state index in [1.165, 1.54) is 6.08 Å². The summed E-state index contributed by atoms with van der Waals surface area (Å²) in [6, 6.07) is 7.39. The van der Waals surface area contributed by atoms with Crippen LogP contribution in [0.2, 0.25) is 0 Å². The molecule has 0 aliphatic heterocycles. The highest BCUT2D eigenvalue weighted by Crippen LogP contribution is 2.12. The molecule has 1 atom stereocenters. The average molecular weight is 263 g/mol. The molecular formula is C15H21NO3. The molecule has 0 aliphatic rings. The first kappa shape index (κ1) is 15.2. The Morgan fingerprint density at radius 3 is 2.42 bits per heavy atom. The van der Waals surface area contributed by atoms with E-state index in [1.807, 2.05) is 24.3 Å². The van der Waals surface area contributed by atoms with Gasteiger partial charge in [0.25, 0.3) is 0 Å². The molecule has 1 aromatic rings. The molecule has 1 aromatic carbocycles. The van der Waals surface area contributed by atoms with Crippen LogP contribution in [0.25, 0.3) is 6.08 Å². The molecule has 4 heteroatoms. The summed E-state index contributed by atoms with van der Waals surface area (Å²) in [5.74, 6) is 0.540. The molecule has 0 radical (unpaired) electrons. The number of aliphatic hydroxyl groups is 1. The van der Waals surface area contributed by atoms with Gasteiger partial charge in [-0.05, 0) is 44.5 Å². The topological polar surface area (TPSA) is 58.6 Å². The van der Waals surface area contributed by atoms with Crippen LogP contribution >= 0.6 is 0 Å². The number of hydrogen-bond donors (Lipinski definition) is 2. The lowest BCUT2D eigenvalue weighted by Crippen LogP contribution is -2.50. The molecule has 1 amide bonds. The fraction of sp³-hybridized carbons (Fsp3) is 0.400. The summed E-state index contributed by atoms with van der Waals surface area (Å²) in [5.41, 5.74) is 0.257. The standard InChI is InChI=1S/C15H21NO3/c1-11(17)15(2,3)16-14(18)10-7-12-5-8-13(19-4)9-6-12/h5-11,17H,1-4H3,(H,16,18)/b10-7+. The van der Waals surface area contributed by atoms with Crippen LogP contribution in [-0.4, -0.2) is 29.8 Å². The van der Waals surface area contributed by atoms with Crippen molar-refractivity contribution in [1.29, 1.82) is 0 Å². The predicted molar refractivity (Wildman–Crippen MR) is 75.9 cm³/mol. The minimum Gasteiger partial charge on any atom is -0.497 e. The van der Waals surface area contributed by atoms with E-state index < -0.39 is 11.6 Å². The molecule has 1 unspecified atom stereocenters. The molecule has 0 aromatic heterocycles. The van der Waals surface area contributed by atoms with Gasteiger partial charge in [-0.2, -0.15) is 0 Å². The van der Waals surface area contributed by atoms with Gasteiger partial charge in [0.2, 0.25) is 5.91 Å². The van der Waals surface area contributed by atoms with E-state index in [4.69, 9.17) is 4.74 Å². The summed E-state index contributed by atoms with van der Waals surface area (Å²) in [6.07, 6.45) is 2.55. The van der Waals surface area contributed by atoms with Crippen molar-refractivity contribution in [2.24, 2.45) is 0 Å². The second-order valence-corrected chi connectivity index (χ2v) is 4.99. The number of carbonyl (C=O) groups excluding carboxylic acids is 1. The lowest BCUT2D eigenvalue weighted by molar-refractivity contribution is -0.119. The first-order valence-corrected chi connectivity index (χ1v) is 6.17. The highest BCUT2D eigenvalue weighted by Gasteiger charge is 2.24. The van der Waals surface area contributed by atoms with Crippen molar-refractivity contribution in [2.45, 2.75) is 32.4 Å². The summed E-state index contributed by atoms with van der Waals surface area (Å²) in [5, 5.41) is 12.3. The number of ether oxygens (including phenoxy) is 1. The van der Waals surface area contributed by atoms with Crippen LogP contribution < -0.4 is 10.1 Å². The Morgan fingerprint density at radius 2 is 1.95 bits per heavy atom. The largest absolute Gasteiger partial charge is 0.497 e. The van der Waals surface area contributed by atoms with Gasteiger partial charge in [0.1, 0.15) is 5.75 Å². The first-order chi connectivity index (χ1) is 8.85. The number of hydrogen-bond acceptors (Lipinski definition) is 3. The Morgan fingerprint density at radius 1 is 1.37 bits per heavy atom. The lowest BCUT2D eigenvalue weighted by Gasteiger charge is -2.28. The maximum Gasteiger partial charge on any atom is 0.244 e. The van der Waals surface area contributed by atoms with E-state index in [2.05, 4.69) is 5.32 Å². The van der Waals surface area contributed by atoms with E-state index in [9.17, 15) is 9.90 Å². The van der Waals surface area contributed by atoms with Crippen molar-refractivity contribution in [1.82, 2.24) is 5.32 Å². The van der Waals surface area contributed by atoms with Crippen LogP contribution in [0.5, 0.6) is 5.75 Å². The molecule has 0 fully saturated rings. The summed E-state index contributed by atoms with van der Waals surface area (Å²) >= 11 is 0. The Balaban J connectivity index is 2.63. The van der Waals surface area contributed by atoms with E-state index in [0.29, 0.717) is 0 Å². The van der Waals surface area contributed by atoms with Crippen molar-refractivity contribution in [3.8, 4) is 5.75 Å². The van der Waals surface area contributed by atoms with Gasteiger partial charge >= 0.3 is 0 Å². The van der Waals surface area contributed by atoms with Crippen molar-refractivity contribution >= 4 is 12.0 Å². The lowest BCUT2D eigenvalue weighted by atomic mass is 9.99. The van der Waals surface area contributed by atoms with Gasteiger partial charge in [-0.15, -0.1) is 0 Å². The zero-order valence-corrected chi connectivity index (χ0v) is 11.8. The van der Waals surface area contributed by atoms with Crippen LogP contribution in [0, 0.1) is 0 Å². The maximum absolute atomic E-state index is 11.7. The minimum atomic E-state index is -0.651. The molecule has 0 heterocycles. The third-order valence-corrected chi connectivity index (χ3v) is 3.03. The van der Waals surface area contributed by atoms with E-state index in [-0.39, 0.29) is 5.91 Å². The number of nitrogens with one attached hydrogen (secondary N) is 1. The predicted octanol–water partition coefficient (Wildman–Crippen LogP) is 1.98.